The molecule has 0 fully saturated rings. The van der Waals surface area contributed by atoms with Crippen molar-refractivity contribution in [3.63, 3.8) is 0 Å². The molecule has 0 aliphatic rings. The maximum Gasteiger partial charge on any atom is 0.331 e. The summed E-state index contributed by atoms with van der Waals surface area (Å²) in [5, 5.41) is 0. The minimum absolute atomic E-state index is 0.00827. The Kier molecular flexibility index (Phi) is 5.54. The Hall–Kier alpha value is -1.16. The van der Waals surface area contributed by atoms with Crippen LogP contribution in [-0.2, 0) is 18.4 Å². The maximum atomic E-state index is 11.9. The van der Waals surface area contributed by atoms with E-state index >= 15 is 0 Å². The summed E-state index contributed by atoms with van der Waals surface area (Å²) in [6.45, 7) is 1.62. The van der Waals surface area contributed by atoms with E-state index in [1.165, 1.54) is 14.2 Å². The van der Waals surface area contributed by atoms with Crippen LogP contribution >= 0.6 is 7.60 Å². The van der Waals surface area contributed by atoms with E-state index in [0.29, 0.717) is 5.75 Å². The van der Waals surface area contributed by atoms with E-state index < -0.39 is 19.5 Å². The van der Waals surface area contributed by atoms with Crippen LogP contribution < -0.4 is 4.74 Å². The van der Waals surface area contributed by atoms with Crippen LogP contribution in [0.1, 0.15) is 6.92 Å². The van der Waals surface area contributed by atoms with E-state index in [4.69, 9.17) is 13.8 Å². The zero-order valence-corrected chi connectivity index (χ0v) is 11.6. The summed E-state index contributed by atoms with van der Waals surface area (Å²) >= 11 is 0. The van der Waals surface area contributed by atoms with E-state index in [2.05, 4.69) is 0 Å². The molecule has 1 atom stereocenters. The summed E-state index contributed by atoms with van der Waals surface area (Å²) in [7, 11) is -0.614. The lowest BCUT2D eigenvalue weighted by Gasteiger charge is -2.17. The highest BCUT2D eigenvalue weighted by molar-refractivity contribution is 7.53. The molecule has 1 rings (SSSR count). The average molecular weight is 272 g/mol. The van der Waals surface area contributed by atoms with Crippen LogP contribution in [0.5, 0.6) is 5.75 Å². The molecule has 6 heteroatoms. The predicted molar refractivity (Wildman–Crippen MR) is 67.7 cm³/mol. The molecule has 18 heavy (non-hydrogen) atoms. The minimum atomic E-state index is -3.20. The quantitative estimate of drug-likeness (QED) is 0.452. The Labute approximate surface area is 107 Å². The SMILES string of the molecule is COP(=O)(CC(C)C(=O)Oc1ccccc1)OC. The van der Waals surface area contributed by atoms with Crippen molar-refractivity contribution in [3.05, 3.63) is 30.3 Å². The topological polar surface area (TPSA) is 61.8 Å². The molecule has 0 heterocycles. The average Bonchev–Trinajstić information content (AvgIpc) is 2.39. The standard InChI is InChI=1S/C12H17O5P/c1-10(9-18(14,15-2)16-3)12(13)17-11-7-5-4-6-8-11/h4-8,10H,9H2,1-3H3. The van der Waals surface area contributed by atoms with E-state index in [9.17, 15) is 9.36 Å². The van der Waals surface area contributed by atoms with Gasteiger partial charge in [0.2, 0.25) is 0 Å². The molecule has 0 spiro atoms. The lowest BCUT2D eigenvalue weighted by molar-refractivity contribution is -0.137. The molecule has 0 aliphatic heterocycles. The van der Waals surface area contributed by atoms with Crippen molar-refractivity contribution in [1.82, 2.24) is 0 Å². The Morgan fingerprint density at radius 2 is 1.78 bits per heavy atom. The Morgan fingerprint density at radius 1 is 1.22 bits per heavy atom. The first kappa shape index (κ1) is 14.9. The zero-order valence-electron chi connectivity index (χ0n) is 10.7. The highest BCUT2D eigenvalue weighted by Crippen LogP contribution is 2.48. The summed E-state index contributed by atoms with van der Waals surface area (Å²) in [5.74, 6) is -0.578. The second-order valence-corrected chi connectivity index (χ2v) is 6.11. The number of benzene rings is 1. The molecule has 0 amide bonds. The zero-order chi connectivity index (χ0) is 13.6. The molecule has 1 aromatic carbocycles. The van der Waals surface area contributed by atoms with Crippen molar-refractivity contribution in [2.24, 2.45) is 5.92 Å². The van der Waals surface area contributed by atoms with E-state index in [1.54, 1.807) is 31.2 Å². The first-order chi connectivity index (χ1) is 8.50. The van der Waals surface area contributed by atoms with Crippen LogP contribution in [0.25, 0.3) is 0 Å². The van der Waals surface area contributed by atoms with Gasteiger partial charge in [0.25, 0.3) is 0 Å². The van der Waals surface area contributed by atoms with E-state index in [0.717, 1.165) is 0 Å². The summed E-state index contributed by atoms with van der Waals surface area (Å²) in [5.41, 5.74) is 0. The van der Waals surface area contributed by atoms with Crippen LogP contribution in [0.3, 0.4) is 0 Å². The van der Waals surface area contributed by atoms with Gasteiger partial charge in [0.1, 0.15) is 5.75 Å². The fourth-order valence-corrected chi connectivity index (χ4v) is 2.61. The number of para-hydroxylation sites is 1. The number of rotatable bonds is 6. The van der Waals surface area contributed by atoms with Crippen molar-refractivity contribution in [1.29, 1.82) is 0 Å². The number of carbonyl (C=O) groups is 1. The Bertz CT molecular complexity index is 423. The second-order valence-electron chi connectivity index (χ2n) is 3.79. The van der Waals surface area contributed by atoms with Crippen molar-refractivity contribution in [2.45, 2.75) is 6.92 Å². The summed E-state index contributed by atoms with van der Waals surface area (Å²) in [6, 6.07) is 8.71. The third-order valence-corrected chi connectivity index (χ3v) is 4.53. The van der Waals surface area contributed by atoms with Gasteiger partial charge in [0.15, 0.2) is 0 Å². The fourth-order valence-electron chi connectivity index (χ4n) is 1.34. The summed E-state index contributed by atoms with van der Waals surface area (Å²) < 4.78 is 26.6. The molecule has 0 saturated heterocycles. The van der Waals surface area contributed by atoms with Crippen LogP contribution in [0.2, 0.25) is 0 Å². The number of carbonyl (C=O) groups excluding carboxylic acids is 1. The highest BCUT2D eigenvalue weighted by atomic mass is 31.2. The number of hydrogen-bond acceptors (Lipinski definition) is 5. The molecule has 0 bridgehead atoms. The third kappa shape index (κ3) is 4.26. The van der Waals surface area contributed by atoms with Crippen LogP contribution in [0.4, 0.5) is 0 Å². The van der Waals surface area contributed by atoms with Gasteiger partial charge in [-0.1, -0.05) is 25.1 Å². The van der Waals surface area contributed by atoms with Gasteiger partial charge in [0, 0.05) is 14.2 Å². The number of esters is 1. The molecule has 1 unspecified atom stereocenters. The molecule has 1 aromatic rings. The van der Waals surface area contributed by atoms with Gasteiger partial charge in [-0.25, -0.2) is 0 Å². The Balaban J connectivity index is 2.60. The molecule has 5 nitrogen and oxygen atoms in total. The van der Waals surface area contributed by atoms with Crippen molar-refractivity contribution >= 4 is 13.6 Å². The van der Waals surface area contributed by atoms with Gasteiger partial charge in [0.05, 0.1) is 12.1 Å². The van der Waals surface area contributed by atoms with Gasteiger partial charge in [-0.15, -0.1) is 0 Å². The molecule has 0 saturated carbocycles. The lowest BCUT2D eigenvalue weighted by Crippen LogP contribution is -2.21. The van der Waals surface area contributed by atoms with Gasteiger partial charge in [-0.2, -0.15) is 0 Å². The van der Waals surface area contributed by atoms with Gasteiger partial charge < -0.3 is 13.8 Å². The van der Waals surface area contributed by atoms with Gasteiger partial charge in [-0.05, 0) is 12.1 Å². The summed E-state index contributed by atoms with van der Waals surface area (Å²) in [4.78, 5) is 11.8. The second kappa shape index (κ2) is 6.69. The molecule has 0 N–H and O–H groups in total. The first-order valence-electron chi connectivity index (χ1n) is 5.48. The number of hydrogen-bond donors (Lipinski definition) is 0. The van der Waals surface area contributed by atoms with E-state index in [1.807, 2.05) is 6.07 Å². The van der Waals surface area contributed by atoms with Crippen LogP contribution in [0, 0.1) is 5.92 Å². The molecule has 0 aromatic heterocycles. The van der Waals surface area contributed by atoms with Crippen molar-refractivity contribution in [3.8, 4) is 5.75 Å². The molecule has 0 radical (unpaired) electrons. The molecule has 100 valence electrons. The predicted octanol–water partition coefficient (Wildman–Crippen LogP) is 2.71. The smallest absolute Gasteiger partial charge is 0.331 e. The van der Waals surface area contributed by atoms with Gasteiger partial charge >= 0.3 is 13.6 Å². The molecule has 0 aliphatic carbocycles. The van der Waals surface area contributed by atoms with Crippen molar-refractivity contribution in [2.75, 3.05) is 20.4 Å². The van der Waals surface area contributed by atoms with Gasteiger partial charge in [-0.3, -0.25) is 9.36 Å². The monoisotopic (exact) mass is 272 g/mol. The largest absolute Gasteiger partial charge is 0.426 e. The van der Waals surface area contributed by atoms with Crippen LogP contribution in [0.15, 0.2) is 30.3 Å². The number of ether oxygens (including phenoxy) is 1. The first-order valence-corrected chi connectivity index (χ1v) is 7.21. The Morgan fingerprint density at radius 3 is 2.28 bits per heavy atom. The lowest BCUT2D eigenvalue weighted by atomic mass is 10.2. The van der Waals surface area contributed by atoms with E-state index in [-0.39, 0.29) is 6.16 Å². The normalized spacial score (nSPS) is 13.1. The van der Waals surface area contributed by atoms with Crippen LogP contribution in [-0.4, -0.2) is 26.4 Å². The third-order valence-electron chi connectivity index (χ3n) is 2.42. The van der Waals surface area contributed by atoms with Crippen molar-refractivity contribution < 1.29 is 23.1 Å². The minimum Gasteiger partial charge on any atom is -0.426 e. The highest BCUT2D eigenvalue weighted by Gasteiger charge is 2.29. The molecular weight excluding hydrogens is 255 g/mol. The molecular formula is C12H17O5P. The fraction of sp³-hybridized carbons (Fsp3) is 0.417. The maximum absolute atomic E-state index is 11.9. The summed E-state index contributed by atoms with van der Waals surface area (Å²) in [6.07, 6.45) is -0.00827.